The molecule has 0 amide bonds. The zero-order chi connectivity index (χ0) is 102. The second kappa shape index (κ2) is 79.6. The summed E-state index contributed by atoms with van der Waals surface area (Å²) >= 11 is 8.38. The molecule has 64 heteroatoms. The van der Waals surface area contributed by atoms with Gasteiger partial charge in [-0.1, -0.05) is 6.42 Å². The van der Waals surface area contributed by atoms with Crippen molar-refractivity contribution in [1.29, 1.82) is 0 Å². The summed E-state index contributed by atoms with van der Waals surface area (Å²) in [5, 5.41) is 289. The Morgan fingerprint density at radius 2 is 0.345 bits per heavy atom. The standard InChI is InChI=1S/C84H136O48S8.8Na/c85-46(86)12-3-21-133-29-38-37-11-1-2-20-117-77-63(110)55(102)70(39(119-77)30-134-22-4-13-47(87)88)127-79-65(112)57(104)72(41(121-79)32-136-24-6-15-49(91)92)129-81-67(114)59(106)74(43(123-81)34-138-26-8-17-51(95)96)131-83-69(116)61(108)76(45(125-83)36-140-28-10-19-53(99)100)132-84-68(115)60(107)75(44(124-84)35-139-27-9-18-52(97)98)130-82-66(113)58(105)73(42(122-82)33-137-25-7-16-50(93)94)128-80-64(111)56(103)71(126-78(118-38)62(109)54(37)101)40(120-80)31-135-23-5-14-48(89)90;;;;;;;;/h37-45,54-84,101-116H,1-36H2,(H,85,86)(H,87,88)(H,89,90)(H,91,92)(H,93,94)(H,95,96)(H,97,98)(H,99,100);;;;;;;;/q;8*+1/p-8. The molecule has 808 valence electrons. The van der Waals surface area contributed by atoms with Crippen LogP contribution in [0, 0.1) is 5.92 Å². The summed E-state index contributed by atoms with van der Waals surface area (Å²) < 4.78 is 102. The van der Waals surface area contributed by atoms with E-state index in [0.29, 0.717) is 0 Å². The average Bonchev–Trinajstić information content (AvgIpc) is 0.771. The van der Waals surface area contributed by atoms with E-state index in [-0.39, 0.29) is 419 Å². The van der Waals surface area contributed by atoms with Gasteiger partial charge in [-0.2, -0.15) is 94.1 Å². The van der Waals surface area contributed by atoms with Gasteiger partial charge in [0, 0.05) is 106 Å². The molecule has 40 atom stereocenters. The molecule has 27 rings (SSSR count). The number of carboxylic acid groups (broad SMARTS) is 8. The monoisotopic (exact) mass is 2340 g/mol. The van der Waals surface area contributed by atoms with Gasteiger partial charge < -0.3 is 237 Å². The van der Waals surface area contributed by atoms with Crippen molar-refractivity contribution in [1.82, 2.24) is 0 Å². The number of thioether (sulfide) groups is 8. The predicted octanol–water partition coefficient (Wildman–Crippen LogP) is -37.8. The van der Waals surface area contributed by atoms with E-state index >= 15 is 0 Å². The van der Waals surface area contributed by atoms with Crippen LogP contribution in [0.1, 0.15) is 122 Å². The van der Waals surface area contributed by atoms with Gasteiger partial charge in [0.15, 0.2) is 50.3 Å². The maximum Gasteiger partial charge on any atom is 1.00 e. The quantitative estimate of drug-likeness (QED) is 0.0199. The van der Waals surface area contributed by atoms with Crippen molar-refractivity contribution in [3.05, 3.63) is 0 Å². The zero-order valence-electron chi connectivity index (χ0n) is 84.0. The Bertz CT molecular complexity index is 3700. The van der Waals surface area contributed by atoms with E-state index in [1.165, 1.54) is 11.8 Å². The van der Waals surface area contributed by atoms with Crippen LogP contribution in [0.5, 0.6) is 0 Å². The number of aliphatic carboxylic acids is 8. The molecular weight excluding hydrogens is 2220 g/mol. The van der Waals surface area contributed by atoms with Crippen molar-refractivity contribution in [2.45, 2.75) is 362 Å². The van der Waals surface area contributed by atoms with Crippen LogP contribution in [0.15, 0.2) is 0 Å². The van der Waals surface area contributed by atoms with Crippen LogP contribution in [0.4, 0.5) is 0 Å². The fourth-order valence-corrected chi connectivity index (χ4v) is 25.0. The van der Waals surface area contributed by atoms with E-state index in [1.807, 2.05) is 0 Å². The van der Waals surface area contributed by atoms with Crippen molar-refractivity contribution in [2.75, 3.05) is 98.7 Å². The first-order chi connectivity index (χ1) is 66.7. The van der Waals surface area contributed by atoms with Crippen LogP contribution in [-0.4, -0.2) is 468 Å². The molecule has 148 heavy (non-hydrogen) atoms. The van der Waals surface area contributed by atoms with Crippen molar-refractivity contribution in [3.8, 4) is 0 Å². The van der Waals surface area contributed by atoms with Gasteiger partial charge in [0.05, 0.1) is 54.9 Å². The Morgan fingerprint density at radius 3 is 0.520 bits per heavy atom. The third-order valence-electron chi connectivity index (χ3n) is 24.2. The number of aliphatic hydroxyl groups is 16. The van der Waals surface area contributed by atoms with Crippen LogP contribution in [-0.2, 0) is 114 Å². The zero-order valence-corrected chi connectivity index (χ0v) is 107. The first kappa shape index (κ1) is 151. The van der Waals surface area contributed by atoms with Crippen molar-refractivity contribution >= 4 is 142 Å². The number of hydrogen-bond acceptors (Lipinski definition) is 56. The maximum absolute atomic E-state index is 12.4. The number of aliphatic hydroxyl groups excluding tert-OH is 16. The van der Waals surface area contributed by atoms with Gasteiger partial charge in [0.1, 0.15) is 134 Å². The average molecular weight is 2350 g/mol. The molecule has 0 aromatic carbocycles. The summed E-state index contributed by atoms with van der Waals surface area (Å²) in [6.07, 6.45) is -78.0. The molecule has 16 N–H and O–H groups in total. The van der Waals surface area contributed by atoms with Crippen LogP contribution in [0.25, 0.3) is 0 Å². The number of hydrogen-bond donors (Lipinski definition) is 16. The maximum atomic E-state index is 12.4. The van der Waals surface area contributed by atoms with Gasteiger partial charge in [-0.15, -0.1) is 0 Å². The minimum atomic E-state index is -2.31. The van der Waals surface area contributed by atoms with Crippen LogP contribution in [0.2, 0.25) is 0 Å². The molecule has 0 aromatic heterocycles. The molecule has 27 aliphatic heterocycles. The van der Waals surface area contributed by atoms with Gasteiger partial charge in [-0.25, -0.2) is 0 Å². The molecule has 27 aliphatic rings. The fraction of sp³-hybridized carbons (Fsp3) is 0.905. The minimum absolute atomic E-state index is 0. The minimum Gasteiger partial charge on any atom is -0.550 e. The predicted molar refractivity (Wildman–Crippen MR) is 475 cm³/mol. The van der Waals surface area contributed by atoms with E-state index in [0.717, 1.165) is 82.3 Å². The SMILES string of the molecule is O=C([O-])CCCSCC1OC2OC3C(CSCCCC(=O)[O-])OC(OC4C(CSCCCC(=O)[O-])OC(OC5C(CSCCCC(=O)[O-])OC(OC6C(CSCCCC(=O)[O-])OC(OC7C(CSCCCC(=O)[O-])OC(OC8C(CSCCCC(=O)[O-])OC(OC9C(CSCCCC(=O)[O-])OC(OCCCCC1C(O)C2O)C(O)C9O)C(O)C8O)C(O)C7O)C(O)C6O)C(O)C5O)C(O)C4O)C(O)C3O.[Na+].[Na+].[Na+].[Na+].[Na+].[Na+].[Na+].[Na+]. The molecule has 27 fully saturated rings. The molecule has 0 aliphatic carbocycles. The Labute approximate surface area is 1070 Å². The normalized spacial score (nSPS) is 37.2. The smallest absolute Gasteiger partial charge is 0.550 e. The van der Waals surface area contributed by atoms with Crippen molar-refractivity contribution < 1.29 is 473 Å². The van der Waals surface area contributed by atoms with E-state index < -0.39 is 332 Å². The fourth-order valence-electron chi connectivity index (χ4n) is 16.8. The Morgan fingerprint density at radius 1 is 0.196 bits per heavy atom. The Hall–Kier alpha value is 5.28. The number of carbonyl (C=O) groups excluding carboxylic acids is 8. The summed E-state index contributed by atoms with van der Waals surface area (Å²) in [6.45, 7) is -0.266. The van der Waals surface area contributed by atoms with Gasteiger partial charge in [-0.05, 0) is 162 Å². The summed E-state index contributed by atoms with van der Waals surface area (Å²) in [5.74, 6) is -13.3. The Balaban J connectivity index is 0.0000137. The molecule has 0 radical (unpaired) electrons. The summed E-state index contributed by atoms with van der Waals surface area (Å²) in [4.78, 5) is 92.4. The van der Waals surface area contributed by atoms with Gasteiger partial charge in [0.2, 0.25) is 0 Å². The molecule has 16 bridgehead atoms. The van der Waals surface area contributed by atoms with Gasteiger partial charge in [-0.3, -0.25) is 0 Å². The molecule has 27 heterocycles. The number of ether oxygens (including phenoxy) is 16. The summed E-state index contributed by atoms with van der Waals surface area (Å²) in [5.41, 5.74) is 0. The topological polar surface area (TPSA) is 792 Å². The third kappa shape index (κ3) is 48.5. The van der Waals surface area contributed by atoms with E-state index in [4.69, 9.17) is 75.8 Å². The summed E-state index contributed by atoms with van der Waals surface area (Å²) in [7, 11) is 0. The first-order valence-corrected chi connectivity index (χ1v) is 55.5. The molecular formula is C84H128Na8O48S8. The first-order valence-electron chi connectivity index (χ1n) is 46.3. The molecule has 0 spiro atoms. The van der Waals surface area contributed by atoms with Gasteiger partial charge in [0.25, 0.3) is 0 Å². The molecule has 27 saturated heterocycles. The molecule has 0 saturated carbocycles. The largest absolute Gasteiger partial charge is 1.00 e. The number of rotatable bonds is 48. The summed E-state index contributed by atoms with van der Waals surface area (Å²) in [6, 6.07) is 0. The van der Waals surface area contributed by atoms with E-state index in [1.54, 1.807) is 0 Å². The second-order valence-electron chi connectivity index (χ2n) is 34.8. The molecule has 40 unspecified atom stereocenters. The van der Waals surface area contributed by atoms with Gasteiger partial charge >= 0.3 is 236 Å². The van der Waals surface area contributed by atoms with E-state index in [2.05, 4.69) is 0 Å². The van der Waals surface area contributed by atoms with E-state index in [9.17, 15) is 161 Å². The Kier molecular flexibility index (Phi) is 81.3. The van der Waals surface area contributed by atoms with Crippen molar-refractivity contribution in [2.24, 2.45) is 5.92 Å². The number of carbonyl (C=O) groups is 8. The second-order valence-corrected chi connectivity index (χ2v) is 44.0. The third-order valence-corrected chi connectivity index (χ3v) is 33.3. The molecule has 0 aromatic rings. The van der Waals surface area contributed by atoms with Crippen molar-refractivity contribution in [3.63, 3.8) is 0 Å². The van der Waals surface area contributed by atoms with Crippen LogP contribution < -0.4 is 277 Å². The molecule has 48 nitrogen and oxygen atoms in total. The van der Waals surface area contributed by atoms with Crippen LogP contribution >= 0.6 is 94.1 Å². The van der Waals surface area contributed by atoms with Crippen LogP contribution in [0.3, 0.4) is 0 Å². The number of carboxylic acids is 8.